The summed E-state index contributed by atoms with van der Waals surface area (Å²) < 4.78 is 13.6. The molecule has 0 unspecified atom stereocenters. The van der Waals surface area contributed by atoms with Crippen LogP contribution >= 0.6 is 11.8 Å². The fourth-order valence-corrected chi connectivity index (χ4v) is 2.29. The third-order valence-corrected chi connectivity index (χ3v) is 3.35. The average molecular weight is 291 g/mol. The van der Waals surface area contributed by atoms with Crippen LogP contribution in [0.1, 0.15) is 23.4 Å². The first kappa shape index (κ1) is 14.6. The van der Waals surface area contributed by atoms with E-state index in [2.05, 4.69) is 27.0 Å². The van der Waals surface area contributed by atoms with Crippen LogP contribution in [0.2, 0.25) is 0 Å². The van der Waals surface area contributed by atoms with Crippen LogP contribution in [0.25, 0.3) is 0 Å². The minimum atomic E-state index is -0.349. The van der Waals surface area contributed by atoms with E-state index in [9.17, 15) is 4.39 Å². The Balaban J connectivity index is 2.05. The molecule has 0 aliphatic carbocycles. The number of benzene rings is 1. The lowest BCUT2D eigenvalue weighted by molar-refractivity contribution is 0.305. The zero-order chi connectivity index (χ0) is 14.4. The number of aromatic nitrogens is 3. The monoisotopic (exact) mass is 291 g/mol. The highest BCUT2D eigenvalue weighted by Gasteiger charge is 2.04. The molecular weight excluding hydrogens is 277 g/mol. The smallest absolute Gasteiger partial charge is 0.208 e. The molecule has 0 aliphatic heterocycles. The first-order valence-corrected chi connectivity index (χ1v) is 7.07. The van der Waals surface area contributed by atoms with Crippen LogP contribution in [0.4, 0.5) is 4.39 Å². The summed E-state index contributed by atoms with van der Waals surface area (Å²) in [5, 5.41) is 16.1. The zero-order valence-electron chi connectivity index (χ0n) is 11.0. The standard InChI is InChI=1S/C14H14FN3OS/c1-10-16-14(18-17-10)20-9-11-5-6-13(15)12(8-11)4-2-3-7-19/h5-6,8,19H,3,7,9H2,1H3,(H,16,17,18). The number of halogens is 1. The van der Waals surface area contributed by atoms with Gasteiger partial charge in [-0.05, 0) is 24.6 Å². The SMILES string of the molecule is Cc1nc(SCc2ccc(F)c(C#CCCO)c2)n[nH]1. The summed E-state index contributed by atoms with van der Waals surface area (Å²) >= 11 is 1.47. The van der Waals surface area contributed by atoms with E-state index in [1.54, 1.807) is 12.1 Å². The van der Waals surface area contributed by atoms with Crippen molar-refractivity contribution >= 4 is 11.8 Å². The second-order valence-corrected chi connectivity index (χ2v) is 5.02. The van der Waals surface area contributed by atoms with Crippen LogP contribution in [-0.4, -0.2) is 26.9 Å². The Hall–Kier alpha value is -1.84. The number of H-pyrrole nitrogens is 1. The minimum absolute atomic E-state index is 0.0195. The third-order valence-electron chi connectivity index (χ3n) is 2.44. The van der Waals surface area contributed by atoms with Gasteiger partial charge in [0.05, 0.1) is 12.2 Å². The molecule has 0 fully saturated rings. The highest BCUT2D eigenvalue weighted by Crippen LogP contribution is 2.20. The van der Waals surface area contributed by atoms with Gasteiger partial charge < -0.3 is 5.11 Å². The Morgan fingerprint density at radius 1 is 1.45 bits per heavy atom. The second-order valence-electron chi connectivity index (χ2n) is 4.08. The maximum atomic E-state index is 13.6. The molecule has 4 nitrogen and oxygen atoms in total. The van der Waals surface area contributed by atoms with E-state index < -0.39 is 0 Å². The van der Waals surface area contributed by atoms with Gasteiger partial charge >= 0.3 is 0 Å². The molecule has 0 amide bonds. The molecule has 0 bridgehead atoms. The number of rotatable bonds is 4. The van der Waals surface area contributed by atoms with Gasteiger partial charge in [0.1, 0.15) is 11.6 Å². The average Bonchev–Trinajstić information content (AvgIpc) is 2.85. The molecule has 2 aromatic rings. The summed E-state index contributed by atoms with van der Waals surface area (Å²) in [5.74, 6) is 6.51. The van der Waals surface area contributed by atoms with Gasteiger partial charge in [-0.25, -0.2) is 9.37 Å². The lowest BCUT2D eigenvalue weighted by Crippen LogP contribution is -1.89. The molecule has 0 spiro atoms. The van der Waals surface area contributed by atoms with Crippen molar-refractivity contribution in [2.24, 2.45) is 0 Å². The van der Waals surface area contributed by atoms with E-state index in [4.69, 9.17) is 5.11 Å². The van der Waals surface area contributed by atoms with E-state index in [0.29, 0.717) is 22.9 Å². The highest BCUT2D eigenvalue weighted by molar-refractivity contribution is 7.98. The van der Waals surface area contributed by atoms with Crippen LogP contribution in [-0.2, 0) is 5.75 Å². The van der Waals surface area contributed by atoms with Gasteiger partial charge in [0.15, 0.2) is 0 Å². The van der Waals surface area contributed by atoms with Crippen molar-refractivity contribution in [1.29, 1.82) is 0 Å². The van der Waals surface area contributed by atoms with E-state index >= 15 is 0 Å². The summed E-state index contributed by atoms with van der Waals surface area (Å²) in [6, 6.07) is 4.84. The number of nitrogens with one attached hydrogen (secondary N) is 1. The largest absolute Gasteiger partial charge is 0.395 e. The topological polar surface area (TPSA) is 61.8 Å². The lowest BCUT2D eigenvalue weighted by atomic mass is 10.1. The summed E-state index contributed by atoms with van der Waals surface area (Å²) in [6.45, 7) is 1.82. The van der Waals surface area contributed by atoms with Crippen molar-refractivity contribution in [2.75, 3.05) is 6.61 Å². The normalized spacial score (nSPS) is 10.2. The lowest BCUT2D eigenvalue weighted by Gasteiger charge is -2.01. The van der Waals surface area contributed by atoms with Crippen LogP contribution in [0.5, 0.6) is 0 Å². The predicted octanol–water partition coefficient (Wildman–Crippen LogP) is 2.28. The summed E-state index contributed by atoms with van der Waals surface area (Å²) in [7, 11) is 0. The fourth-order valence-electron chi connectivity index (χ4n) is 1.51. The maximum Gasteiger partial charge on any atom is 0.208 e. The third kappa shape index (κ3) is 4.08. The van der Waals surface area contributed by atoms with Crippen molar-refractivity contribution < 1.29 is 9.50 Å². The Morgan fingerprint density at radius 3 is 3.00 bits per heavy atom. The quantitative estimate of drug-likeness (QED) is 0.670. The number of hydrogen-bond acceptors (Lipinski definition) is 4. The first-order valence-electron chi connectivity index (χ1n) is 6.09. The molecule has 0 saturated heterocycles. The molecule has 1 aromatic heterocycles. The number of thioether (sulfide) groups is 1. The van der Waals surface area contributed by atoms with Crippen LogP contribution in [0.15, 0.2) is 23.4 Å². The van der Waals surface area contributed by atoms with E-state index in [0.717, 1.165) is 11.4 Å². The van der Waals surface area contributed by atoms with Crippen LogP contribution in [0, 0.1) is 24.6 Å². The van der Waals surface area contributed by atoms with Gasteiger partial charge in [-0.3, -0.25) is 5.10 Å². The molecule has 1 aromatic carbocycles. The molecule has 2 N–H and O–H groups in total. The second kappa shape index (κ2) is 7.08. The van der Waals surface area contributed by atoms with Crippen LogP contribution < -0.4 is 0 Å². The molecule has 1 heterocycles. The van der Waals surface area contributed by atoms with Gasteiger partial charge in [0.2, 0.25) is 5.16 Å². The molecule has 20 heavy (non-hydrogen) atoms. The number of aliphatic hydroxyl groups excluding tert-OH is 1. The van der Waals surface area contributed by atoms with Gasteiger partial charge in [-0.2, -0.15) is 0 Å². The summed E-state index contributed by atoms with van der Waals surface area (Å²) in [4.78, 5) is 4.19. The van der Waals surface area contributed by atoms with Crippen molar-refractivity contribution in [1.82, 2.24) is 15.2 Å². The van der Waals surface area contributed by atoms with E-state index in [1.807, 2.05) is 6.92 Å². The molecule has 0 radical (unpaired) electrons. The highest BCUT2D eigenvalue weighted by atomic mass is 32.2. The molecule has 0 aliphatic rings. The van der Waals surface area contributed by atoms with Crippen molar-refractivity contribution in [2.45, 2.75) is 24.3 Å². The molecule has 0 atom stereocenters. The number of aromatic amines is 1. The van der Waals surface area contributed by atoms with E-state index in [-0.39, 0.29) is 12.4 Å². The van der Waals surface area contributed by atoms with Gasteiger partial charge in [-0.1, -0.05) is 29.7 Å². The fraction of sp³-hybridized carbons (Fsp3) is 0.286. The molecular formula is C14H14FN3OS. The summed E-state index contributed by atoms with van der Waals surface area (Å²) in [5.41, 5.74) is 1.30. The van der Waals surface area contributed by atoms with Gasteiger partial charge in [0.25, 0.3) is 0 Å². The predicted molar refractivity (Wildman–Crippen MR) is 75.7 cm³/mol. The van der Waals surface area contributed by atoms with E-state index in [1.165, 1.54) is 17.8 Å². The molecule has 104 valence electrons. The molecule has 2 rings (SSSR count). The molecule has 0 saturated carbocycles. The number of hydrogen-bond donors (Lipinski definition) is 2. The van der Waals surface area contributed by atoms with Crippen molar-refractivity contribution in [3.05, 3.63) is 41.0 Å². The minimum Gasteiger partial charge on any atom is -0.395 e. The van der Waals surface area contributed by atoms with Gasteiger partial charge in [-0.15, -0.1) is 5.10 Å². The van der Waals surface area contributed by atoms with Crippen molar-refractivity contribution in [3.8, 4) is 11.8 Å². The summed E-state index contributed by atoms with van der Waals surface area (Å²) in [6.07, 6.45) is 0.342. The maximum absolute atomic E-state index is 13.6. The Labute approximate surface area is 120 Å². The Kier molecular flexibility index (Phi) is 5.16. The first-order chi connectivity index (χ1) is 9.69. The number of nitrogens with zero attached hydrogens (tertiary/aromatic N) is 2. The van der Waals surface area contributed by atoms with Gasteiger partial charge in [0, 0.05) is 12.2 Å². The Morgan fingerprint density at radius 2 is 2.30 bits per heavy atom. The Bertz CT molecular complexity index is 645. The zero-order valence-corrected chi connectivity index (χ0v) is 11.8. The van der Waals surface area contributed by atoms with Crippen LogP contribution in [0.3, 0.4) is 0 Å². The van der Waals surface area contributed by atoms with Crippen molar-refractivity contribution in [3.63, 3.8) is 0 Å². The molecule has 6 heteroatoms. The number of aliphatic hydroxyl groups is 1. The number of aryl methyl sites for hydroxylation is 1.